The Labute approximate surface area is 160 Å². The summed E-state index contributed by atoms with van der Waals surface area (Å²) < 4.78 is 6.31. The largest absolute Gasteiger partial charge is 0.465 e. The van der Waals surface area contributed by atoms with E-state index >= 15 is 0 Å². The fourth-order valence-electron chi connectivity index (χ4n) is 7.50. The summed E-state index contributed by atoms with van der Waals surface area (Å²) >= 11 is 4.02. The van der Waals surface area contributed by atoms with E-state index in [-0.39, 0.29) is 15.7 Å². The van der Waals surface area contributed by atoms with Gasteiger partial charge < -0.3 is 4.74 Å². The van der Waals surface area contributed by atoms with Crippen LogP contribution in [0.15, 0.2) is 0 Å². The lowest BCUT2D eigenvalue weighted by Gasteiger charge is -2.58. The third-order valence-corrected chi connectivity index (χ3v) is 9.01. The summed E-state index contributed by atoms with van der Waals surface area (Å²) in [6.07, 6.45) is 13.6. The Morgan fingerprint density at radius 3 is 2.56 bits per heavy atom. The van der Waals surface area contributed by atoms with Gasteiger partial charge in [-0.2, -0.15) is 0 Å². The zero-order valence-electron chi connectivity index (χ0n) is 15.4. The molecule has 6 aliphatic rings. The number of carbonyl (C=O) groups excluding carboxylic acids is 1. The molecule has 0 aromatic heterocycles. The second-order valence-corrected chi connectivity index (χ2v) is 11.7. The van der Waals surface area contributed by atoms with Gasteiger partial charge in [-0.25, -0.2) is 0 Å². The number of fused-ring (bicyclic) bond motifs is 1. The number of rotatable bonds is 3. The second kappa shape index (κ2) is 6.22. The first-order chi connectivity index (χ1) is 12.1. The van der Waals surface area contributed by atoms with Crippen LogP contribution in [-0.2, 0) is 9.53 Å². The van der Waals surface area contributed by atoms with Crippen LogP contribution in [0.25, 0.3) is 0 Å². The SMILES string of the molecule is O=C(OC[C@@H]1CCCN2CCCC[C@H]12)C12C[C@@H]3C[C@@H](CC(Br)(C3)C1)C2. The molecule has 6 atom stereocenters. The first-order valence-corrected chi connectivity index (χ1v) is 11.4. The number of halogens is 1. The van der Waals surface area contributed by atoms with Gasteiger partial charge in [-0.1, -0.05) is 22.4 Å². The van der Waals surface area contributed by atoms with Crippen molar-refractivity contribution in [2.45, 2.75) is 81.0 Å². The third kappa shape index (κ3) is 2.99. The van der Waals surface area contributed by atoms with E-state index in [1.165, 1.54) is 64.5 Å². The molecule has 2 aliphatic heterocycles. The van der Waals surface area contributed by atoms with Crippen molar-refractivity contribution in [1.82, 2.24) is 4.90 Å². The van der Waals surface area contributed by atoms with Crippen LogP contribution in [0.4, 0.5) is 0 Å². The van der Waals surface area contributed by atoms with Gasteiger partial charge in [-0.3, -0.25) is 9.69 Å². The first-order valence-electron chi connectivity index (χ1n) is 10.7. The number of ether oxygens (including phenoxy) is 1. The van der Waals surface area contributed by atoms with E-state index in [4.69, 9.17) is 4.74 Å². The highest BCUT2D eigenvalue weighted by molar-refractivity contribution is 9.10. The molecule has 0 amide bonds. The molecule has 0 spiro atoms. The van der Waals surface area contributed by atoms with Crippen LogP contribution in [0, 0.1) is 23.2 Å². The molecule has 0 N–H and O–H groups in total. The third-order valence-electron chi connectivity index (χ3n) is 8.08. The molecule has 2 heterocycles. The summed E-state index contributed by atoms with van der Waals surface area (Å²) in [6.45, 7) is 3.19. The number of nitrogens with zero attached hydrogens (tertiary/aromatic N) is 1. The topological polar surface area (TPSA) is 29.5 Å². The monoisotopic (exact) mass is 409 g/mol. The summed E-state index contributed by atoms with van der Waals surface area (Å²) in [5, 5.41) is 0. The van der Waals surface area contributed by atoms with Crippen molar-refractivity contribution >= 4 is 21.9 Å². The molecule has 6 rings (SSSR count). The zero-order valence-corrected chi connectivity index (χ0v) is 16.9. The van der Waals surface area contributed by atoms with Crippen molar-refractivity contribution < 1.29 is 9.53 Å². The maximum Gasteiger partial charge on any atom is 0.312 e. The number of hydrogen-bond donors (Lipinski definition) is 0. The lowest BCUT2D eigenvalue weighted by molar-refractivity contribution is -0.172. The summed E-state index contributed by atoms with van der Waals surface area (Å²) in [5.74, 6) is 2.22. The summed E-state index contributed by atoms with van der Waals surface area (Å²) in [4.78, 5) is 15.9. The Bertz CT molecular complexity index is 534. The van der Waals surface area contributed by atoms with E-state index < -0.39 is 0 Å². The molecule has 4 heteroatoms. The van der Waals surface area contributed by atoms with Crippen molar-refractivity contribution in [3.63, 3.8) is 0 Å². The maximum absolute atomic E-state index is 13.2. The Kier molecular flexibility index (Phi) is 4.24. The number of carbonyl (C=O) groups is 1. The predicted molar refractivity (Wildman–Crippen MR) is 102 cm³/mol. The van der Waals surface area contributed by atoms with Crippen molar-refractivity contribution in [3.8, 4) is 0 Å². The second-order valence-electron chi connectivity index (χ2n) is 9.99. The van der Waals surface area contributed by atoms with E-state index in [0.29, 0.717) is 18.6 Å². The molecule has 0 radical (unpaired) electrons. The summed E-state index contributed by atoms with van der Waals surface area (Å²) in [5.41, 5.74) is -0.158. The van der Waals surface area contributed by atoms with Gasteiger partial charge in [0.25, 0.3) is 0 Å². The molecule has 4 bridgehead atoms. The molecule has 2 saturated heterocycles. The minimum Gasteiger partial charge on any atom is -0.465 e. The highest BCUT2D eigenvalue weighted by Crippen LogP contribution is 2.64. The number of esters is 1. The number of alkyl halides is 1. The highest BCUT2D eigenvalue weighted by Gasteiger charge is 2.60. The fourth-order valence-corrected chi connectivity index (χ4v) is 8.95. The van der Waals surface area contributed by atoms with Gasteiger partial charge in [0.1, 0.15) is 0 Å². The van der Waals surface area contributed by atoms with Crippen LogP contribution in [0.3, 0.4) is 0 Å². The molecule has 0 aromatic carbocycles. The molecule has 4 saturated carbocycles. The predicted octanol–water partition coefficient (Wildman–Crippen LogP) is 4.53. The van der Waals surface area contributed by atoms with Crippen LogP contribution in [0.2, 0.25) is 0 Å². The van der Waals surface area contributed by atoms with Crippen LogP contribution in [-0.4, -0.2) is 40.9 Å². The zero-order chi connectivity index (χ0) is 17.1. The van der Waals surface area contributed by atoms with Crippen molar-refractivity contribution in [2.75, 3.05) is 19.7 Å². The van der Waals surface area contributed by atoms with E-state index in [9.17, 15) is 4.79 Å². The van der Waals surface area contributed by atoms with E-state index in [1.54, 1.807) is 0 Å². The quantitative estimate of drug-likeness (QED) is 0.506. The van der Waals surface area contributed by atoms with Gasteiger partial charge in [0, 0.05) is 16.3 Å². The molecule has 0 aromatic rings. The van der Waals surface area contributed by atoms with E-state index in [1.807, 2.05) is 0 Å². The molecular formula is C21H32BrNO2. The maximum atomic E-state index is 13.2. The molecular weight excluding hydrogens is 378 g/mol. The lowest BCUT2D eigenvalue weighted by atomic mass is 9.49. The Hall–Kier alpha value is -0.0900. The number of piperidine rings is 2. The minimum absolute atomic E-state index is 0.151. The lowest BCUT2D eigenvalue weighted by Crippen LogP contribution is -2.56. The molecule has 6 fully saturated rings. The highest BCUT2D eigenvalue weighted by atomic mass is 79.9. The average Bonchev–Trinajstić information content (AvgIpc) is 2.57. The van der Waals surface area contributed by atoms with Gasteiger partial charge in [0.15, 0.2) is 0 Å². The van der Waals surface area contributed by atoms with Crippen LogP contribution in [0.5, 0.6) is 0 Å². The smallest absolute Gasteiger partial charge is 0.312 e. The molecule has 2 unspecified atom stereocenters. The molecule has 140 valence electrons. The van der Waals surface area contributed by atoms with Crippen LogP contribution in [0.1, 0.15) is 70.6 Å². The van der Waals surface area contributed by atoms with Crippen LogP contribution < -0.4 is 0 Å². The molecule has 25 heavy (non-hydrogen) atoms. The molecule has 4 aliphatic carbocycles. The Morgan fingerprint density at radius 1 is 1.04 bits per heavy atom. The summed E-state index contributed by atoms with van der Waals surface area (Å²) in [6, 6.07) is 0.675. The van der Waals surface area contributed by atoms with Crippen LogP contribution >= 0.6 is 15.9 Å². The van der Waals surface area contributed by atoms with Crippen molar-refractivity contribution in [3.05, 3.63) is 0 Å². The van der Waals surface area contributed by atoms with Gasteiger partial charge in [-0.15, -0.1) is 0 Å². The fraction of sp³-hybridized carbons (Fsp3) is 0.952. The van der Waals surface area contributed by atoms with Gasteiger partial charge >= 0.3 is 5.97 Å². The Balaban J connectivity index is 1.25. The summed E-state index contributed by atoms with van der Waals surface area (Å²) in [7, 11) is 0. The average molecular weight is 410 g/mol. The molecule has 3 nitrogen and oxygen atoms in total. The van der Waals surface area contributed by atoms with Crippen molar-refractivity contribution in [1.29, 1.82) is 0 Å². The van der Waals surface area contributed by atoms with Gasteiger partial charge in [0.05, 0.1) is 12.0 Å². The standard InChI is InChI=1S/C21H32BrNO2/c22-21-11-15-8-16(12-21)10-20(9-15,14-21)19(24)25-13-17-4-3-7-23-6-2-1-5-18(17)23/h15-18H,1-14H2/t15-,16+,17-,18+,20?,21?/m0/s1. The first kappa shape index (κ1) is 17.0. The minimum atomic E-state index is -0.158. The number of hydrogen-bond acceptors (Lipinski definition) is 3. The van der Waals surface area contributed by atoms with Crippen molar-refractivity contribution in [2.24, 2.45) is 23.2 Å². The van der Waals surface area contributed by atoms with E-state index in [2.05, 4.69) is 20.8 Å². The van der Waals surface area contributed by atoms with Gasteiger partial charge in [-0.05, 0) is 89.1 Å². The normalized spacial score (nSPS) is 49.0. The Morgan fingerprint density at radius 2 is 1.80 bits per heavy atom. The van der Waals surface area contributed by atoms with Gasteiger partial charge in [0.2, 0.25) is 0 Å². The van der Waals surface area contributed by atoms with E-state index in [0.717, 1.165) is 31.1 Å².